The number of aliphatic hydroxyl groups is 1. The van der Waals surface area contributed by atoms with Gasteiger partial charge in [0.2, 0.25) is 0 Å². The maximum absolute atomic E-state index is 8.59. The summed E-state index contributed by atoms with van der Waals surface area (Å²) in [5, 5.41) is 8.59. The molecule has 1 heterocycles. The van der Waals surface area contributed by atoms with Crippen LogP contribution in [0.15, 0.2) is 0 Å². The van der Waals surface area contributed by atoms with E-state index in [0.29, 0.717) is 0 Å². The van der Waals surface area contributed by atoms with Crippen LogP contribution in [0.2, 0.25) is 0 Å². The summed E-state index contributed by atoms with van der Waals surface area (Å²) in [5.74, 6) is 0. The minimum absolute atomic E-state index is 0.0216. The Kier molecular flexibility index (Phi) is 9.61. The predicted octanol–water partition coefficient (Wildman–Crippen LogP) is 2.10. The zero-order valence-electron chi connectivity index (χ0n) is 10.7. The molecule has 0 unspecified atom stereocenters. The van der Waals surface area contributed by atoms with E-state index in [9.17, 15) is 0 Å². The zero-order valence-corrected chi connectivity index (χ0v) is 10.7. The number of ether oxygens (including phenoxy) is 3. The predicted molar refractivity (Wildman–Crippen MR) is 65.9 cm³/mol. The molecule has 0 amide bonds. The summed E-state index contributed by atoms with van der Waals surface area (Å²) in [7, 11) is 0. The zero-order chi connectivity index (χ0) is 12.2. The second-order valence-electron chi connectivity index (χ2n) is 4.42. The van der Waals surface area contributed by atoms with Crippen molar-refractivity contribution in [1.82, 2.24) is 0 Å². The van der Waals surface area contributed by atoms with E-state index < -0.39 is 0 Å². The van der Waals surface area contributed by atoms with Gasteiger partial charge in [-0.3, -0.25) is 0 Å². The van der Waals surface area contributed by atoms with Crippen molar-refractivity contribution < 1.29 is 19.3 Å². The number of rotatable bonds is 10. The summed E-state index contributed by atoms with van der Waals surface area (Å²) < 4.78 is 16.5. The Labute approximate surface area is 104 Å². The molecule has 1 saturated heterocycles. The second kappa shape index (κ2) is 11.0. The van der Waals surface area contributed by atoms with Gasteiger partial charge in [-0.25, -0.2) is 0 Å². The van der Waals surface area contributed by atoms with Crippen LogP contribution >= 0.6 is 0 Å². The lowest BCUT2D eigenvalue weighted by Gasteiger charge is -2.22. The molecule has 1 aliphatic rings. The summed E-state index contributed by atoms with van der Waals surface area (Å²) >= 11 is 0. The van der Waals surface area contributed by atoms with Gasteiger partial charge in [0.15, 0.2) is 6.29 Å². The molecule has 0 bridgehead atoms. The Morgan fingerprint density at radius 1 is 1.00 bits per heavy atom. The first-order valence-corrected chi connectivity index (χ1v) is 6.85. The Hall–Kier alpha value is -0.160. The van der Waals surface area contributed by atoms with Gasteiger partial charge in [-0.15, -0.1) is 0 Å². The molecule has 0 aliphatic carbocycles. The van der Waals surface area contributed by atoms with Crippen molar-refractivity contribution in [3.05, 3.63) is 0 Å². The molecule has 0 aromatic rings. The van der Waals surface area contributed by atoms with Crippen LogP contribution in [0.1, 0.15) is 44.9 Å². The molecule has 1 aliphatic heterocycles. The first-order chi connectivity index (χ1) is 8.43. The van der Waals surface area contributed by atoms with Crippen LogP contribution in [-0.2, 0) is 14.2 Å². The summed E-state index contributed by atoms with van der Waals surface area (Å²) in [6.45, 7) is 3.40. The van der Waals surface area contributed by atoms with Crippen molar-refractivity contribution >= 4 is 0 Å². The Balaban J connectivity index is 1.75. The second-order valence-corrected chi connectivity index (χ2v) is 4.42. The topological polar surface area (TPSA) is 47.9 Å². The van der Waals surface area contributed by atoms with E-state index in [4.69, 9.17) is 19.3 Å². The van der Waals surface area contributed by atoms with Crippen LogP contribution in [-0.4, -0.2) is 44.4 Å². The fourth-order valence-electron chi connectivity index (χ4n) is 1.81. The summed E-state index contributed by atoms with van der Waals surface area (Å²) in [6.07, 6.45) is 7.32. The monoisotopic (exact) mass is 246 g/mol. The van der Waals surface area contributed by atoms with E-state index in [1.54, 1.807) is 0 Å². The molecule has 1 fully saturated rings. The molecular formula is C13H26O4. The first-order valence-electron chi connectivity index (χ1n) is 6.85. The van der Waals surface area contributed by atoms with Crippen molar-refractivity contribution in [1.29, 1.82) is 0 Å². The van der Waals surface area contributed by atoms with Crippen LogP contribution in [0.5, 0.6) is 0 Å². The van der Waals surface area contributed by atoms with Gasteiger partial charge < -0.3 is 19.3 Å². The van der Waals surface area contributed by atoms with Gasteiger partial charge >= 0.3 is 0 Å². The molecule has 1 rings (SSSR count). The lowest BCUT2D eigenvalue weighted by atomic mass is 10.2. The van der Waals surface area contributed by atoms with Crippen LogP contribution in [0.25, 0.3) is 0 Å². The third-order valence-corrected chi connectivity index (χ3v) is 2.82. The van der Waals surface area contributed by atoms with Gasteiger partial charge in [0, 0.05) is 26.4 Å². The highest BCUT2D eigenvalue weighted by Gasteiger charge is 2.13. The van der Waals surface area contributed by atoms with Crippen LogP contribution in [0, 0.1) is 0 Å². The summed E-state index contributed by atoms with van der Waals surface area (Å²) in [6, 6.07) is 0. The molecule has 17 heavy (non-hydrogen) atoms. The molecule has 1 N–H and O–H groups in total. The van der Waals surface area contributed by atoms with Gasteiger partial charge in [0.05, 0.1) is 6.61 Å². The van der Waals surface area contributed by atoms with E-state index in [1.807, 2.05) is 0 Å². The van der Waals surface area contributed by atoms with Crippen LogP contribution < -0.4 is 0 Å². The van der Waals surface area contributed by atoms with E-state index in [2.05, 4.69) is 0 Å². The maximum atomic E-state index is 8.59. The maximum Gasteiger partial charge on any atom is 0.157 e. The Morgan fingerprint density at radius 2 is 1.88 bits per heavy atom. The van der Waals surface area contributed by atoms with Crippen molar-refractivity contribution in [3.8, 4) is 0 Å². The number of unbranched alkanes of at least 4 members (excludes halogenated alkanes) is 2. The van der Waals surface area contributed by atoms with E-state index in [0.717, 1.165) is 65.0 Å². The molecule has 0 saturated carbocycles. The molecule has 1 atom stereocenters. The number of hydrogen-bond acceptors (Lipinski definition) is 4. The third-order valence-electron chi connectivity index (χ3n) is 2.82. The van der Waals surface area contributed by atoms with Gasteiger partial charge in [-0.2, -0.15) is 0 Å². The lowest BCUT2D eigenvalue weighted by molar-refractivity contribution is -0.164. The average molecular weight is 246 g/mol. The van der Waals surface area contributed by atoms with Gasteiger partial charge in [0.25, 0.3) is 0 Å². The minimum atomic E-state index is 0.0216. The van der Waals surface area contributed by atoms with Crippen molar-refractivity contribution in [2.75, 3.05) is 33.0 Å². The number of aliphatic hydroxyl groups excluding tert-OH is 1. The SMILES string of the molecule is OCCCCCOCCCO[C@H]1CCCCO1. The molecule has 0 aromatic heterocycles. The van der Waals surface area contributed by atoms with Gasteiger partial charge in [-0.05, 0) is 44.9 Å². The lowest BCUT2D eigenvalue weighted by Crippen LogP contribution is -2.23. The minimum Gasteiger partial charge on any atom is -0.396 e. The summed E-state index contributed by atoms with van der Waals surface area (Å²) in [5.41, 5.74) is 0. The normalized spacial score (nSPS) is 20.6. The highest BCUT2D eigenvalue weighted by atomic mass is 16.7. The van der Waals surface area contributed by atoms with Crippen LogP contribution in [0.4, 0.5) is 0 Å². The van der Waals surface area contributed by atoms with E-state index in [1.165, 1.54) is 6.42 Å². The smallest absolute Gasteiger partial charge is 0.157 e. The molecular weight excluding hydrogens is 220 g/mol. The van der Waals surface area contributed by atoms with E-state index >= 15 is 0 Å². The first kappa shape index (κ1) is 14.9. The molecule has 102 valence electrons. The molecule has 4 nitrogen and oxygen atoms in total. The van der Waals surface area contributed by atoms with Crippen molar-refractivity contribution in [2.45, 2.75) is 51.2 Å². The molecule has 0 radical (unpaired) electrons. The highest BCUT2D eigenvalue weighted by molar-refractivity contribution is 4.53. The van der Waals surface area contributed by atoms with Gasteiger partial charge in [-0.1, -0.05) is 0 Å². The largest absolute Gasteiger partial charge is 0.396 e. The Bertz CT molecular complexity index is 157. The molecule has 0 aromatic carbocycles. The van der Waals surface area contributed by atoms with E-state index in [-0.39, 0.29) is 12.9 Å². The highest BCUT2D eigenvalue weighted by Crippen LogP contribution is 2.13. The van der Waals surface area contributed by atoms with Gasteiger partial charge in [0.1, 0.15) is 0 Å². The standard InChI is InChI=1S/C13H26O4/c14-8-3-1-4-9-15-10-6-12-17-13-7-2-5-11-16-13/h13-14H,1-12H2/t13-/m0/s1. The molecule has 4 heteroatoms. The molecule has 0 spiro atoms. The fourth-order valence-corrected chi connectivity index (χ4v) is 1.81. The van der Waals surface area contributed by atoms with Crippen molar-refractivity contribution in [2.24, 2.45) is 0 Å². The summed E-state index contributed by atoms with van der Waals surface area (Å²) in [4.78, 5) is 0. The quantitative estimate of drug-likeness (QED) is 0.600. The van der Waals surface area contributed by atoms with Crippen LogP contribution in [0.3, 0.4) is 0 Å². The van der Waals surface area contributed by atoms with Crippen molar-refractivity contribution in [3.63, 3.8) is 0 Å². The Morgan fingerprint density at radius 3 is 2.65 bits per heavy atom. The number of hydrogen-bond donors (Lipinski definition) is 1. The average Bonchev–Trinajstić information content (AvgIpc) is 2.38. The third kappa shape index (κ3) is 8.55. The fraction of sp³-hybridized carbons (Fsp3) is 1.00.